The van der Waals surface area contributed by atoms with Crippen LogP contribution in [-0.4, -0.2) is 29.8 Å². The highest BCUT2D eigenvalue weighted by atomic mass is 16.5. The van der Waals surface area contributed by atoms with Gasteiger partial charge in [0.15, 0.2) is 5.78 Å². The van der Waals surface area contributed by atoms with Crippen LogP contribution >= 0.6 is 0 Å². The maximum absolute atomic E-state index is 12.3. The molecule has 1 atom stereocenters. The number of benzene rings is 1. The van der Waals surface area contributed by atoms with Crippen molar-refractivity contribution in [2.75, 3.05) is 7.11 Å². The third-order valence-electron chi connectivity index (χ3n) is 4.26. The Kier molecular flexibility index (Phi) is 4.60. The number of nitrogens with one attached hydrogen (secondary N) is 1. The van der Waals surface area contributed by atoms with Crippen molar-refractivity contribution in [3.63, 3.8) is 0 Å². The molecule has 1 aromatic heterocycles. The SMILES string of the molecule is COc1ccc2nccc(C=C3CC(NC(C)=O)CCC3=O)c2c1. The summed E-state index contributed by atoms with van der Waals surface area (Å²) in [4.78, 5) is 27.9. The van der Waals surface area contributed by atoms with E-state index in [9.17, 15) is 9.59 Å². The number of carbonyl (C=O) groups is 2. The lowest BCUT2D eigenvalue weighted by atomic mass is 9.88. The minimum atomic E-state index is -0.0622. The summed E-state index contributed by atoms with van der Waals surface area (Å²) in [5.41, 5.74) is 2.54. The third-order valence-corrected chi connectivity index (χ3v) is 4.26. The summed E-state index contributed by atoms with van der Waals surface area (Å²) >= 11 is 0. The van der Waals surface area contributed by atoms with Crippen molar-refractivity contribution in [1.29, 1.82) is 0 Å². The Labute approximate surface area is 140 Å². The highest BCUT2D eigenvalue weighted by molar-refractivity contribution is 6.02. The molecule has 5 nitrogen and oxygen atoms in total. The summed E-state index contributed by atoms with van der Waals surface area (Å²) in [5, 5.41) is 3.85. The second-order valence-electron chi connectivity index (χ2n) is 6.02. The van der Waals surface area contributed by atoms with E-state index in [4.69, 9.17) is 4.74 Å². The van der Waals surface area contributed by atoms with Crippen molar-refractivity contribution >= 4 is 28.7 Å². The predicted molar refractivity (Wildman–Crippen MR) is 92.7 cm³/mol. The highest BCUT2D eigenvalue weighted by Gasteiger charge is 2.24. The molecule has 5 heteroatoms. The Hall–Kier alpha value is -2.69. The van der Waals surface area contributed by atoms with Gasteiger partial charge >= 0.3 is 0 Å². The molecule has 3 rings (SSSR count). The lowest BCUT2D eigenvalue weighted by molar-refractivity contribution is -0.121. The molecular formula is C19H20N2O3. The van der Waals surface area contributed by atoms with E-state index in [1.165, 1.54) is 6.92 Å². The van der Waals surface area contributed by atoms with Gasteiger partial charge in [-0.3, -0.25) is 14.6 Å². The lowest BCUT2D eigenvalue weighted by Gasteiger charge is -2.24. The topological polar surface area (TPSA) is 68.3 Å². The summed E-state index contributed by atoms with van der Waals surface area (Å²) in [6.07, 6.45) is 5.37. The Morgan fingerprint density at radius 1 is 1.38 bits per heavy atom. The van der Waals surface area contributed by atoms with Crippen molar-refractivity contribution in [3.8, 4) is 5.75 Å². The molecule has 1 saturated carbocycles. The van der Waals surface area contributed by atoms with Gasteiger partial charge in [0.05, 0.1) is 12.6 Å². The van der Waals surface area contributed by atoms with Crippen LogP contribution in [0.4, 0.5) is 0 Å². The fraction of sp³-hybridized carbons (Fsp3) is 0.316. The van der Waals surface area contributed by atoms with Gasteiger partial charge in [0.2, 0.25) is 5.91 Å². The first-order valence-electron chi connectivity index (χ1n) is 8.00. The van der Waals surface area contributed by atoms with Crippen molar-refractivity contribution in [3.05, 3.63) is 41.6 Å². The molecule has 2 aromatic rings. The lowest BCUT2D eigenvalue weighted by Crippen LogP contribution is -2.37. The first-order valence-corrected chi connectivity index (χ1v) is 8.00. The number of aromatic nitrogens is 1. The smallest absolute Gasteiger partial charge is 0.217 e. The van der Waals surface area contributed by atoms with E-state index in [1.807, 2.05) is 30.3 Å². The quantitative estimate of drug-likeness (QED) is 0.882. The van der Waals surface area contributed by atoms with Crippen LogP contribution in [0.2, 0.25) is 0 Å². The molecule has 1 heterocycles. The number of ether oxygens (including phenoxy) is 1. The van der Waals surface area contributed by atoms with Crippen molar-refractivity contribution < 1.29 is 14.3 Å². The molecule has 1 unspecified atom stereocenters. The van der Waals surface area contributed by atoms with Crippen LogP contribution in [0.5, 0.6) is 5.75 Å². The molecule has 124 valence electrons. The second kappa shape index (κ2) is 6.83. The molecule has 1 N–H and O–H groups in total. The molecular weight excluding hydrogens is 304 g/mol. The molecule has 1 amide bonds. The number of amides is 1. The highest BCUT2D eigenvalue weighted by Crippen LogP contribution is 2.27. The number of rotatable bonds is 3. The van der Waals surface area contributed by atoms with E-state index < -0.39 is 0 Å². The number of ketones is 1. The van der Waals surface area contributed by atoms with Crippen molar-refractivity contribution in [1.82, 2.24) is 10.3 Å². The normalized spacial score (nSPS) is 19.5. The van der Waals surface area contributed by atoms with Crippen LogP contribution in [0.3, 0.4) is 0 Å². The molecule has 1 fully saturated rings. The minimum Gasteiger partial charge on any atom is -0.497 e. The summed E-state index contributed by atoms with van der Waals surface area (Å²) in [5.74, 6) is 0.832. The molecule has 24 heavy (non-hydrogen) atoms. The number of pyridine rings is 1. The number of hydrogen-bond donors (Lipinski definition) is 1. The Bertz CT molecular complexity index is 826. The molecule has 1 aromatic carbocycles. The summed E-state index contributed by atoms with van der Waals surface area (Å²) in [6, 6.07) is 7.61. The third kappa shape index (κ3) is 3.45. The van der Waals surface area contributed by atoms with Crippen LogP contribution in [0.15, 0.2) is 36.0 Å². The zero-order valence-electron chi connectivity index (χ0n) is 13.8. The molecule has 0 radical (unpaired) electrons. The second-order valence-corrected chi connectivity index (χ2v) is 6.02. The largest absolute Gasteiger partial charge is 0.497 e. The molecule has 0 saturated heterocycles. The van der Waals surface area contributed by atoms with Crippen LogP contribution in [0, 0.1) is 0 Å². The summed E-state index contributed by atoms with van der Waals surface area (Å²) in [7, 11) is 1.62. The van der Waals surface area contributed by atoms with Gasteiger partial charge in [-0.25, -0.2) is 0 Å². The number of Topliss-reactive ketones (excluding diaryl/α,β-unsaturated/α-hetero) is 1. The van der Waals surface area contributed by atoms with Crippen molar-refractivity contribution in [2.45, 2.75) is 32.2 Å². The standard InChI is InChI=1S/C19H20N2O3/c1-12(22)21-15-3-6-19(23)14(10-15)9-13-7-8-20-18-5-4-16(24-2)11-17(13)18/h4-5,7-9,11,15H,3,6,10H2,1-2H3,(H,21,22). The van der Waals surface area contributed by atoms with Gasteiger partial charge < -0.3 is 10.1 Å². The monoisotopic (exact) mass is 324 g/mol. The average Bonchev–Trinajstić information content (AvgIpc) is 2.57. The molecule has 0 bridgehead atoms. The number of carbonyl (C=O) groups excluding carboxylic acids is 2. The summed E-state index contributed by atoms with van der Waals surface area (Å²) < 4.78 is 5.29. The van der Waals surface area contributed by atoms with Gasteiger partial charge in [0.1, 0.15) is 5.75 Å². The van der Waals surface area contributed by atoms with E-state index in [2.05, 4.69) is 10.3 Å². The number of hydrogen-bond acceptors (Lipinski definition) is 4. The zero-order chi connectivity index (χ0) is 17.1. The van der Waals surface area contributed by atoms with E-state index in [0.717, 1.165) is 27.8 Å². The first kappa shape index (κ1) is 16.2. The fourth-order valence-corrected chi connectivity index (χ4v) is 3.08. The Morgan fingerprint density at radius 3 is 2.96 bits per heavy atom. The van der Waals surface area contributed by atoms with Gasteiger partial charge in [-0.15, -0.1) is 0 Å². The fourth-order valence-electron chi connectivity index (χ4n) is 3.08. The number of methoxy groups -OCH3 is 1. The van der Waals surface area contributed by atoms with Crippen LogP contribution in [0.25, 0.3) is 17.0 Å². The maximum atomic E-state index is 12.3. The number of fused-ring (bicyclic) bond motifs is 1. The Balaban J connectivity index is 1.98. The first-order chi connectivity index (χ1) is 11.6. The van der Waals surface area contributed by atoms with E-state index >= 15 is 0 Å². The minimum absolute atomic E-state index is 0.0223. The number of nitrogens with zero attached hydrogens (tertiary/aromatic N) is 1. The maximum Gasteiger partial charge on any atom is 0.217 e. The summed E-state index contributed by atoms with van der Waals surface area (Å²) in [6.45, 7) is 1.50. The van der Waals surface area contributed by atoms with E-state index in [0.29, 0.717) is 19.3 Å². The average molecular weight is 324 g/mol. The molecule has 0 spiro atoms. The van der Waals surface area contributed by atoms with Crippen LogP contribution < -0.4 is 10.1 Å². The predicted octanol–water partition coefficient (Wildman–Crippen LogP) is 2.88. The van der Waals surface area contributed by atoms with Gasteiger partial charge in [0.25, 0.3) is 0 Å². The van der Waals surface area contributed by atoms with Crippen LogP contribution in [-0.2, 0) is 9.59 Å². The van der Waals surface area contributed by atoms with Gasteiger partial charge in [-0.1, -0.05) is 0 Å². The van der Waals surface area contributed by atoms with E-state index in [1.54, 1.807) is 13.3 Å². The van der Waals surface area contributed by atoms with Gasteiger partial charge in [0, 0.05) is 31.0 Å². The van der Waals surface area contributed by atoms with Gasteiger partial charge in [-0.05, 0) is 54.3 Å². The molecule has 1 aliphatic carbocycles. The van der Waals surface area contributed by atoms with E-state index in [-0.39, 0.29) is 17.7 Å². The Morgan fingerprint density at radius 2 is 2.21 bits per heavy atom. The molecule has 1 aliphatic rings. The zero-order valence-corrected chi connectivity index (χ0v) is 13.8. The van der Waals surface area contributed by atoms with Crippen LogP contribution in [0.1, 0.15) is 31.7 Å². The van der Waals surface area contributed by atoms with Crippen molar-refractivity contribution in [2.24, 2.45) is 0 Å². The molecule has 0 aliphatic heterocycles. The van der Waals surface area contributed by atoms with Gasteiger partial charge in [-0.2, -0.15) is 0 Å².